The smallest absolute Gasteiger partial charge is 0.434 e. The van der Waals surface area contributed by atoms with E-state index in [4.69, 9.17) is 0 Å². The Morgan fingerprint density at radius 3 is 2.41 bits per heavy atom. The van der Waals surface area contributed by atoms with Crippen LogP contribution in [0, 0.1) is 12.8 Å². The number of rotatable bonds is 7. The predicted molar refractivity (Wildman–Crippen MR) is 168 cm³/mol. The van der Waals surface area contributed by atoms with Gasteiger partial charge in [0.2, 0.25) is 5.91 Å². The number of hydrogen-bond donors (Lipinski definition) is 2. The van der Waals surface area contributed by atoms with Crippen molar-refractivity contribution in [1.29, 1.82) is 0 Å². The number of alkyl halides is 3. The minimum Gasteiger partial charge on any atom is -0.478 e. The lowest BCUT2D eigenvalue weighted by molar-refractivity contribution is -0.143. The van der Waals surface area contributed by atoms with Crippen LogP contribution in [0.3, 0.4) is 0 Å². The first kappa shape index (κ1) is 30.1. The average Bonchev–Trinajstić information content (AvgIpc) is 3.65. The van der Waals surface area contributed by atoms with E-state index in [0.29, 0.717) is 16.5 Å². The van der Waals surface area contributed by atoms with Crippen molar-refractivity contribution in [3.8, 4) is 16.8 Å². The van der Waals surface area contributed by atoms with Gasteiger partial charge < -0.3 is 15.3 Å². The second kappa shape index (κ2) is 11.6. The number of carbonyl (C=O) groups is 2. The maximum Gasteiger partial charge on any atom is 0.434 e. The number of fused-ring (bicyclic) bond motifs is 1. The van der Waals surface area contributed by atoms with Crippen LogP contribution in [0.15, 0.2) is 66.9 Å². The normalized spacial score (nSPS) is 18.4. The fourth-order valence-electron chi connectivity index (χ4n) is 7.17. The number of carboxylic acid groups (broad SMARTS) is 1. The summed E-state index contributed by atoms with van der Waals surface area (Å²) in [4.78, 5) is 26.0. The molecule has 3 aliphatic rings. The molecule has 2 heterocycles. The minimum absolute atomic E-state index is 0.00475. The van der Waals surface area contributed by atoms with Gasteiger partial charge in [0.25, 0.3) is 0 Å². The zero-order valence-electron chi connectivity index (χ0n) is 25.5. The SMILES string of the molecule is Cc1cc(C2CCN(C(=O)C3CC3)CC2)ccc1NC1CCc2cccc(-c3cccc(-n4ncc(C(=O)O)c4C(F)(F)F)c3)c21. The lowest BCUT2D eigenvalue weighted by Crippen LogP contribution is -2.38. The Labute approximate surface area is 265 Å². The van der Waals surface area contributed by atoms with Crippen molar-refractivity contribution in [2.45, 2.75) is 63.6 Å². The van der Waals surface area contributed by atoms with E-state index in [-0.39, 0.29) is 17.6 Å². The van der Waals surface area contributed by atoms with Gasteiger partial charge in [-0.15, -0.1) is 0 Å². The Kier molecular flexibility index (Phi) is 7.61. The molecule has 10 heteroatoms. The van der Waals surface area contributed by atoms with Crippen LogP contribution >= 0.6 is 0 Å². The number of piperidine rings is 1. The van der Waals surface area contributed by atoms with Crippen molar-refractivity contribution in [2.24, 2.45) is 5.92 Å². The van der Waals surface area contributed by atoms with Crippen LogP contribution in [0.5, 0.6) is 0 Å². The summed E-state index contributed by atoms with van der Waals surface area (Å²) in [5, 5.41) is 16.9. The maximum atomic E-state index is 13.9. The number of anilines is 1. The van der Waals surface area contributed by atoms with Crippen LogP contribution in [0.1, 0.15) is 82.4 Å². The molecule has 2 aliphatic carbocycles. The number of hydrogen-bond acceptors (Lipinski definition) is 4. The van der Waals surface area contributed by atoms with Crippen LogP contribution in [-0.4, -0.2) is 44.8 Å². The summed E-state index contributed by atoms with van der Waals surface area (Å²) in [7, 11) is 0. The van der Waals surface area contributed by atoms with Gasteiger partial charge in [0.05, 0.1) is 17.9 Å². The molecule has 1 saturated heterocycles. The molecule has 7 rings (SSSR count). The Morgan fingerprint density at radius 1 is 0.957 bits per heavy atom. The average molecular weight is 629 g/mol. The molecule has 1 amide bonds. The van der Waals surface area contributed by atoms with E-state index in [0.717, 1.165) is 85.8 Å². The van der Waals surface area contributed by atoms with Crippen LogP contribution in [-0.2, 0) is 17.4 Å². The van der Waals surface area contributed by atoms with Crippen LogP contribution in [0.2, 0.25) is 0 Å². The van der Waals surface area contributed by atoms with E-state index in [1.54, 1.807) is 12.1 Å². The summed E-state index contributed by atoms with van der Waals surface area (Å²) in [6.45, 7) is 3.75. The molecule has 1 atom stereocenters. The van der Waals surface area contributed by atoms with E-state index in [9.17, 15) is 27.9 Å². The van der Waals surface area contributed by atoms with Gasteiger partial charge >= 0.3 is 12.1 Å². The van der Waals surface area contributed by atoms with Gasteiger partial charge in [-0.2, -0.15) is 18.3 Å². The summed E-state index contributed by atoms with van der Waals surface area (Å²) in [5.74, 6) is -0.656. The van der Waals surface area contributed by atoms with E-state index in [1.807, 2.05) is 23.1 Å². The predicted octanol–water partition coefficient (Wildman–Crippen LogP) is 7.78. The fourth-order valence-corrected chi connectivity index (χ4v) is 7.17. The van der Waals surface area contributed by atoms with Gasteiger partial charge in [-0.05, 0) is 103 Å². The molecular weight excluding hydrogens is 593 g/mol. The lowest BCUT2D eigenvalue weighted by Gasteiger charge is -2.32. The molecule has 1 saturated carbocycles. The van der Waals surface area contributed by atoms with Gasteiger partial charge in [-0.1, -0.05) is 42.5 Å². The van der Waals surface area contributed by atoms with E-state index < -0.39 is 23.4 Å². The number of benzene rings is 3. The zero-order valence-corrected chi connectivity index (χ0v) is 25.5. The highest BCUT2D eigenvalue weighted by atomic mass is 19.4. The highest BCUT2D eigenvalue weighted by molar-refractivity contribution is 5.89. The number of nitrogens with zero attached hydrogens (tertiary/aromatic N) is 3. The summed E-state index contributed by atoms with van der Waals surface area (Å²) in [6, 6.07) is 19.3. The molecule has 0 radical (unpaired) electrons. The van der Waals surface area contributed by atoms with Crippen molar-refractivity contribution < 1.29 is 27.9 Å². The molecule has 46 heavy (non-hydrogen) atoms. The van der Waals surface area contributed by atoms with Crippen molar-refractivity contribution >= 4 is 17.6 Å². The van der Waals surface area contributed by atoms with E-state index in [1.165, 1.54) is 17.2 Å². The number of aromatic carboxylic acids is 1. The molecule has 3 aromatic carbocycles. The summed E-state index contributed by atoms with van der Waals surface area (Å²) in [6.07, 6.45) is 1.61. The second-order valence-electron chi connectivity index (χ2n) is 12.7. The largest absolute Gasteiger partial charge is 0.478 e. The van der Waals surface area contributed by atoms with E-state index >= 15 is 0 Å². The number of carbonyl (C=O) groups excluding carboxylic acids is 1. The summed E-state index contributed by atoms with van der Waals surface area (Å²) >= 11 is 0. The monoisotopic (exact) mass is 628 g/mol. The fraction of sp³-hybridized carbons (Fsp3) is 0.361. The third-order valence-corrected chi connectivity index (χ3v) is 9.70. The molecule has 1 aliphatic heterocycles. The molecule has 2 fully saturated rings. The zero-order chi connectivity index (χ0) is 32.2. The number of aromatic nitrogens is 2. The number of carboxylic acids is 1. The van der Waals surface area contributed by atoms with Crippen LogP contribution in [0.4, 0.5) is 18.9 Å². The van der Waals surface area contributed by atoms with Gasteiger partial charge in [0.1, 0.15) is 5.56 Å². The quantitative estimate of drug-likeness (QED) is 0.218. The Hall–Kier alpha value is -4.60. The summed E-state index contributed by atoms with van der Waals surface area (Å²) in [5.41, 5.74) is 5.35. The molecule has 0 spiro atoms. The van der Waals surface area contributed by atoms with E-state index in [2.05, 4.69) is 41.6 Å². The highest BCUT2D eigenvalue weighted by Crippen LogP contribution is 2.42. The molecule has 2 N–H and O–H groups in total. The number of likely N-dealkylation sites (tertiary alicyclic amines) is 1. The molecule has 4 aromatic rings. The molecule has 7 nitrogen and oxygen atoms in total. The van der Waals surface area contributed by atoms with Gasteiger partial charge in [0, 0.05) is 24.7 Å². The lowest BCUT2D eigenvalue weighted by atomic mass is 9.88. The Morgan fingerprint density at radius 2 is 1.72 bits per heavy atom. The number of aryl methyl sites for hydroxylation is 2. The van der Waals surface area contributed by atoms with Crippen molar-refractivity contribution in [3.05, 3.63) is 100 Å². The summed E-state index contributed by atoms with van der Waals surface area (Å²) < 4.78 is 42.5. The van der Waals surface area contributed by atoms with Crippen molar-refractivity contribution in [3.63, 3.8) is 0 Å². The van der Waals surface area contributed by atoms with Crippen molar-refractivity contribution in [2.75, 3.05) is 18.4 Å². The second-order valence-corrected chi connectivity index (χ2v) is 12.7. The van der Waals surface area contributed by atoms with Crippen LogP contribution in [0.25, 0.3) is 16.8 Å². The molecule has 238 valence electrons. The number of amides is 1. The molecule has 0 bridgehead atoms. The number of halogens is 3. The topological polar surface area (TPSA) is 87.5 Å². The first-order chi connectivity index (χ1) is 22.1. The van der Waals surface area contributed by atoms with Crippen LogP contribution < -0.4 is 5.32 Å². The van der Waals surface area contributed by atoms with Gasteiger partial charge in [0.15, 0.2) is 5.69 Å². The van der Waals surface area contributed by atoms with Gasteiger partial charge in [-0.25, -0.2) is 9.48 Å². The molecule has 1 unspecified atom stereocenters. The van der Waals surface area contributed by atoms with Crippen molar-refractivity contribution in [1.82, 2.24) is 14.7 Å². The number of nitrogens with one attached hydrogen (secondary N) is 1. The third-order valence-electron chi connectivity index (χ3n) is 9.70. The first-order valence-corrected chi connectivity index (χ1v) is 15.9. The standard InChI is InChI=1S/C36H35F3N4O3/c1-21-18-25(22-14-16-42(17-15-22)34(44)24-8-9-24)11-12-30(21)41-31-13-10-23-4-3-7-28(32(23)31)26-5-2-6-27(19-26)43-33(36(37,38)39)29(20-40-43)35(45)46/h2-7,11-12,18-20,22,24,31,41H,8-10,13-17H2,1H3,(H,45,46). The third kappa shape index (κ3) is 5.65. The Balaban J connectivity index is 1.13. The van der Waals surface area contributed by atoms with Gasteiger partial charge in [-0.3, -0.25) is 4.79 Å². The molecular formula is C36H35F3N4O3. The highest BCUT2D eigenvalue weighted by Gasteiger charge is 2.41. The maximum absolute atomic E-state index is 13.9. The minimum atomic E-state index is -4.90. The first-order valence-electron chi connectivity index (χ1n) is 15.9. The Bertz CT molecular complexity index is 1820. The molecule has 1 aromatic heterocycles.